The SMILES string of the molecule is CC(C)(COC(C)(C)C(C(F)(F)F)C(F)(F)F)OC(C(F)(F)F)C(F)(F)F. The Hall–Kier alpha value is -0.920. The van der Waals surface area contributed by atoms with Crippen molar-refractivity contribution in [2.75, 3.05) is 6.61 Å². The molecule has 0 spiro atoms. The molecule has 0 aromatic carbocycles. The molecule has 0 aliphatic carbocycles. The summed E-state index contributed by atoms with van der Waals surface area (Å²) in [5, 5.41) is 0. The zero-order valence-corrected chi connectivity index (χ0v) is 14.2. The van der Waals surface area contributed by atoms with Gasteiger partial charge in [0.15, 0.2) is 5.92 Å². The van der Waals surface area contributed by atoms with Crippen LogP contribution in [0.25, 0.3) is 0 Å². The fourth-order valence-electron chi connectivity index (χ4n) is 2.09. The molecule has 0 radical (unpaired) electrons. The highest BCUT2D eigenvalue weighted by Crippen LogP contribution is 2.47. The number of hydrogen-bond donors (Lipinski definition) is 0. The summed E-state index contributed by atoms with van der Waals surface area (Å²) in [7, 11) is 0. The van der Waals surface area contributed by atoms with Crippen molar-refractivity contribution in [2.45, 2.75) is 69.7 Å². The Bertz CT molecular complexity index is 455. The third-order valence-electron chi connectivity index (χ3n) is 3.17. The fourth-order valence-corrected chi connectivity index (χ4v) is 2.09. The molecular formula is C13H16F12O2. The smallest absolute Gasteiger partial charge is 0.372 e. The molecule has 0 saturated carbocycles. The van der Waals surface area contributed by atoms with Gasteiger partial charge in [0.25, 0.3) is 0 Å². The van der Waals surface area contributed by atoms with Crippen molar-refractivity contribution in [1.29, 1.82) is 0 Å². The molecule has 0 fully saturated rings. The Labute approximate surface area is 145 Å². The Morgan fingerprint density at radius 2 is 0.926 bits per heavy atom. The van der Waals surface area contributed by atoms with Gasteiger partial charge in [-0.15, -0.1) is 0 Å². The van der Waals surface area contributed by atoms with Crippen molar-refractivity contribution in [2.24, 2.45) is 5.92 Å². The second-order valence-electron chi connectivity index (χ2n) is 6.75. The first-order chi connectivity index (χ1) is 11.4. The van der Waals surface area contributed by atoms with Gasteiger partial charge in [0.05, 0.1) is 17.8 Å². The molecule has 164 valence electrons. The second kappa shape index (κ2) is 7.48. The van der Waals surface area contributed by atoms with Crippen LogP contribution in [0.4, 0.5) is 52.7 Å². The molecule has 0 saturated heterocycles. The van der Waals surface area contributed by atoms with E-state index in [0.29, 0.717) is 27.7 Å². The normalized spacial score (nSPS) is 15.8. The largest absolute Gasteiger partial charge is 0.423 e. The molecule has 0 unspecified atom stereocenters. The van der Waals surface area contributed by atoms with E-state index in [9.17, 15) is 52.7 Å². The van der Waals surface area contributed by atoms with E-state index in [2.05, 4.69) is 9.47 Å². The molecule has 0 aromatic rings. The average Bonchev–Trinajstić information content (AvgIpc) is 2.27. The van der Waals surface area contributed by atoms with E-state index in [-0.39, 0.29) is 0 Å². The number of hydrogen-bond acceptors (Lipinski definition) is 2. The topological polar surface area (TPSA) is 18.5 Å². The molecule has 0 aromatic heterocycles. The third kappa shape index (κ3) is 7.92. The third-order valence-corrected chi connectivity index (χ3v) is 3.17. The van der Waals surface area contributed by atoms with E-state index in [1.165, 1.54) is 0 Å². The highest BCUT2D eigenvalue weighted by Gasteiger charge is 2.64. The maximum absolute atomic E-state index is 12.7. The van der Waals surface area contributed by atoms with Gasteiger partial charge in [-0.25, -0.2) is 0 Å². The van der Waals surface area contributed by atoms with Crippen LogP contribution in [0.15, 0.2) is 0 Å². The Morgan fingerprint density at radius 3 is 1.19 bits per heavy atom. The van der Waals surface area contributed by atoms with Crippen LogP contribution >= 0.6 is 0 Å². The molecule has 14 heteroatoms. The van der Waals surface area contributed by atoms with E-state index >= 15 is 0 Å². The zero-order chi connectivity index (χ0) is 22.3. The standard InChI is InChI=1S/C13H16F12O2/c1-8(2,27-7(12(20,21)22)13(23,24)25)5-26-9(3,4)6(10(14,15)16)11(17,18)19/h6-7H,5H2,1-4H3. The van der Waals surface area contributed by atoms with Crippen molar-refractivity contribution in [3.05, 3.63) is 0 Å². The van der Waals surface area contributed by atoms with Gasteiger partial charge in [0.1, 0.15) is 0 Å². The van der Waals surface area contributed by atoms with E-state index in [4.69, 9.17) is 0 Å². The average molecular weight is 432 g/mol. The Morgan fingerprint density at radius 1 is 0.593 bits per heavy atom. The lowest BCUT2D eigenvalue weighted by atomic mass is 9.89. The summed E-state index contributed by atoms with van der Waals surface area (Å²) in [6, 6.07) is 0. The Kier molecular flexibility index (Phi) is 7.23. The molecule has 0 amide bonds. The quantitative estimate of drug-likeness (QED) is 0.494. The molecule has 0 bridgehead atoms. The van der Waals surface area contributed by atoms with Crippen molar-refractivity contribution >= 4 is 0 Å². The number of ether oxygens (including phenoxy) is 2. The second-order valence-corrected chi connectivity index (χ2v) is 6.75. The summed E-state index contributed by atoms with van der Waals surface area (Å²) >= 11 is 0. The molecule has 0 aliphatic rings. The fraction of sp³-hybridized carbons (Fsp3) is 1.00. The lowest BCUT2D eigenvalue weighted by Crippen LogP contribution is -2.54. The summed E-state index contributed by atoms with van der Waals surface area (Å²) in [5.41, 5.74) is -5.57. The highest BCUT2D eigenvalue weighted by molar-refractivity contribution is 4.91. The van der Waals surface area contributed by atoms with Crippen molar-refractivity contribution in [3.63, 3.8) is 0 Å². The minimum absolute atomic E-state index is 0.361. The van der Waals surface area contributed by atoms with E-state index in [1.807, 2.05) is 0 Å². The first-order valence-corrected chi connectivity index (χ1v) is 7.00. The van der Waals surface area contributed by atoms with Crippen molar-refractivity contribution in [1.82, 2.24) is 0 Å². The van der Waals surface area contributed by atoms with Gasteiger partial charge in [-0.05, 0) is 27.7 Å². The number of rotatable bonds is 6. The minimum Gasteiger partial charge on any atom is -0.372 e. The van der Waals surface area contributed by atoms with Gasteiger partial charge in [0.2, 0.25) is 6.10 Å². The molecule has 27 heavy (non-hydrogen) atoms. The summed E-state index contributed by atoms with van der Waals surface area (Å²) in [4.78, 5) is 0. The van der Waals surface area contributed by atoms with Crippen LogP contribution in [0, 0.1) is 5.92 Å². The first-order valence-electron chi connectivity index (χ1n) is 7.00. The summed E-state index contributed by atoms with van der Waals surface area (Å²) in [6.45, 7) is 0.512. The van der Waals surface area contributed by atoms with Crippen molar-refractivity contribution in [3.8, 4) is 0 Å². The van der Waals surface area contributed by atoms with Crippen LogP contribution in [0.5, 0.6) is 0 Å². The minimum atomic E-state index is -5.91. The van der Waals surface area contributed by atoms with E-state index in [1.54, 1.807) is 0 Å². The van der Waals surface area contributed by atoms with Crippen LogP contribution in [0.2, 0.25) is 0 Å². The number of halogens is 12. The van der Waals surface area contributed by atoms with Crippen molar-refractivity contribution < 1.29 is 62.2 Å². The van der Waals surface area contributed by atoms with Gasteiger partial charge in [-0.1, -0.05) is 0 Å². The summed E-state index contributed by atoms with van der Waals surface area (Å²) in [5.74, 6) is -4.03. The van der Waals surface area contributed by atoms with Crippen LogP contribution in [0.1, 0.15) is 27.7 Å². The maximum atomic E-state index is 12.7. The molecule has 0 N–H and O–H groups in total. The van der Waals surface area contributed by atoms with Crippen LogP contribution in [-0.4, -0.2) is 48.6 Å². The van der Waals surface area contributed by atoms with Gasteiger partial charge < -0.3 is 9.47 Å². The summed E-state index contributed by atoms with van der Waals surface area (Å²) < 4.78 is 160. The molecule has 0 heterocycles. The highest BCUT2D eigenvalue weighted by atomic mass is 19.4. The molecule has 0 aliphatic heterocycles. The lowest BCUT2D eigenvalue weighted by molar-refractivity contribution is -0.353. The lowest BCUT2D eigenvalue weighted by Gasteiger charge is -2.39. The predicted octanol–water partition coefficient (Wildman–Crippen LogP) is 5.81. The van der Waals surface area contributed by atoms with Gasteiger partial charge in [-0.3, -0.25) is 0 Å². The zero-order valence-electron chi connectivity index (χ0n) is 14.2. The van der Waals surface area contributed by atoms with Crippen LogP contribution in [0.3, 0.4) is 0 Å². The van der Waals surface area contributed by atoms with Gasteiger partial charge in [0, 0.05) is 0 Å². The van der Waals surface area contributed by atoms with Gasteiger partial charge in [-0.2, -0.15) is 52.7 Å². The molecule has 0 rings (SSSR count). The van der Waals surface area contributed by atoms with E-state index < -0.39 is 54.5 Å². The molecule has 2 nitrogen and oxygen atoms in total. The van der Waals surface area contributed by atoms with E-state index in [0.717, 1.165) is 0 Å². The molecule has 0 atom stereocenters. The molecular weight excluding hydrogens is 416 g/mol. The van der Waals surface area contributed by atoms with Crippen LogP contribution in [-0.2, 0) is 9.47 Å². The summed E-state index contributed by atoms with van der Waals surface area (Å²) in [6.07, 6.45) is -27.8. The maximum Gasteiger partial charge on any atom is 0.423 e. The predicted molar refractivity (Wildman–Crippen MR) is 66.7 cm³/mol. The number of alkyl halides is 12. The first kappa shape index (κ1) is 26.1. The van der Waals surface area contributed by atoms with Crippen LogP contribution < -0.4 is 0 Å². The van der Waals surface area contributed by atoms with Gasteiger partial charge >= 0.3 is 24.7 Å². The monoisotopic (exact) mass is 432 g/mol. The Balaban J connectivity index is 5.47.